The van der Waals surface area contributed by atoms with Crippen LogP contribution < -0.4 is 5.43 Å². The van der Waals surface area contributed by atoms with Crippen LogP contribution in [0.25, 0.3) is 0 Å². The van der Waals surface area contributed by atoms with Crippen molar-refractivity contribution in [1.82, 2.24) is 5.43 Å². The number of rotatable bonds is 3. The standard InChI is InChI=1S/C15H18N2O/c1-3-12-5-7-13(8-6-12)15(18)17-16-14-9-4-11(2)10-14/h5-8,10H,3-4,9H2,1-2H3,(H,17,18)/b16-14-. The van der Waals surface area contributed by atoms with Crippen molar-refractivity contribution in [2.45, 2.75) is 33.1 Å². The molecule has 1 aliphatic rings. The summed E-state index contributed by atoms with van der Waals surface area (Å²) in [6.45, 7) is 4.17. The molecule has 0 bridgehead atoms. The molecule has 1 aromatic carbocycles. The van der Waals surface area contributed by atoms with E-state index in [9.17, 15) is 4.79 Å². The van der Waals surface area contributed by atoms with Crippen molar-refractivity contribution in [3.63, 3.8) is 0 Å². The van der Waals surface area contributed by atoms with E-state index in [1.54, 1.807) is 0 Å². The number of hydrogen-bond donors (Lipinski definition) is 1. The minimum atomic E-state index is -0.150. The highest BCUT2D eigenvalue weighted by Gasteiger charge is 2.08. The van der Waals surface area contributed by atoms with Gasteiger partial charge >= 0.3 is 0 Å². The molecule has 0 saturated carbocycles. The Bertz CT molecular complexity index is 498. The van der Waals surface area contributed by atoms with Gasteiger partial charge in [-0.25, -0.2) is 5.43 Å². The van der Waals surface area contributed by atoms with Gasteiger partial charge in [0, 0.05) is 5.56 Å². The van der Waals surface area contributed by atoms with E-state index in [1.807, 2.05) is 30.3 Å². The van der Waals surface area contributed by atoms with E-state index in [0.29, 0.717) is 5.56 Å². The first kappa shape index (κ1) is 12.6. The Hall–Kier alpha value is -1.90. The Labute approximate surface area is 108 Å². The fourth-order valence-corrected chi connectivity index (χ4v) is 1.92. The molecule has 0 radical (unpaired) electrons. The van der Waals surface area contributed by atoms with Crippen LogP contribution in [0, 0.1) is 0 Å². The molecular formula is C15H18N2O. The van der Waals surface area contributed by atoms with Crippen molar-refractivity contribution in [3.8, 4) is 0 Å². The lowest BCUT2D eigenvalue weighted by Crippen LogP contribution is -2.18. The Morgan fingerprint density at radius 3 is 2.56 bits per heavy atom. The molecule has 0 saturated heterocycles. The number of hydrogen-bond acceptors (Lipinski definition) is 2. The lowest BCUT2D eigenvalue weighted by Gasteiger charge is -2.02. The zero-order chi connectivity index (χ0) is 13.0. The van der Waals surface area contributed by atoms with Crippen LogP contribution in [-0.4, -0.2) is 11.6 Å². The number of nitrogens with one attached hydrogen (secondary N) is 1. The van der Waals surface area contributed by atoms with Crippen LogP contribution in [-0.2, 0) is 6.42 Å². The van der Waals surface area contributed by atoms with Crippen LogP contribution in [0.3, 0.4) is 0 Å². The van der Waals surface area contributed by atoms with Crippen LogP contribution in [0.1, 0.15) is 42.6 Å². The Morgan fingerprint density at radius 2 is 2.00 bits per heavy atom. The van der Waals surface area contributed by atoms with Gasteiger partial charge in [-0.2, -0.15) is 5.10 Å². The van der Waals surface area contributed by atoms with Crippen molar-refractivity contribution < 1.29 is 4.79 Å². The Balaban J connectivity index is 1.99. The average molecular weight is 242 g/mol. The van der Waals surface area contributed by atoms with Gasteiger partial charge in [0.25, 0.3) is 5.91 Å². The molecule has 0 unspecified atom stereocenters. The minimum absolute atomic E-state index is 0.150. The second-order valence-electron chi connectivity index (χ2n) is 4.59. The number of hydrazone groups is 1. The first-order valence-corrected chi connectivity index (χ1v) is 6.32. The summed E-state index contributed by atoms with van der Waals surface area (Å²) in [5.41, 5.74) is 6.75. The highest BCUT2D eigenvalue weighted by Crippen LogP contribution is 2.14. The van der Waals surface area contributed by atoms with E-state index in [1.165, 1.54) is 11.1 Å². The van der Waals surface area contributed by atoms with E-state index >= 15 is 0 Å². The van der Waals surface area contributed by atoms with Gasteiger partial charge in [0.05, 0.1) is 5.71 Å². The van der Waals surface area contributed by atoms with E-state index in [4.69, 9.17) is 0 Å². The molecule has 18 heavy (non-hydrogen) atoms. The maximum atomic E-state index is 11.8. The van der Waals surface area contributed by atoms with Crippen molar-refractivity contribution in [3.05, 3.63) is 47.0 Å². The zero-order valence-electron chi connectivity index (χ0n) is 10.9. The summed E-state index contributed by atoms with van der Waals surface area (Å²) >= 11 is 0. The summed E-state index contributed by atoms with van der Waals surface area (Å²) in [6.07, 6.45) is 4.97. The van der Waals surface area contributed by atoms with Crippen LogP contribution in [0.5, 0.6) is 0 Å². The fourth-order valence-electron chi connectivity index (χ4n) is 1.92. The highest BCUT2D eigenvalue weighted by atomic mass is 16.2. The monoisotopic (exact) mass is 242 g/mol. The number of carbonyl (C=O) groups excluding carboxylic acids is 1. The molecule has 0 spiro atoms. The van der Waals surface area contributed by atoms with Crippen molar-refractivity contribution in [2.24, 2.45) is 5.10 Å². The number of allylic oxidation sites excluding steroid dienone is 2. The quantitative estimate of drug-likeness (QED) is 0.813. The molecular weight excluding hydrogens is 224 g/mol. The second kappa shape index (κ2) is 5.63. The van der Waals surface area contributed by atoms with E-state index in [0.717, 1.165) is 25.0 Å². The average Bonchev–Trinajstić information content (AvgIpc) is 2.82. The number of carbonyl (C=O) groups is 1. The third-order valence-electron chi connectivity index (χ3n) is 3.11. The van der Waals surface area contributed by atoms with Gasteiger partial charge in [-0.15, -0.1) is 0 Å². The molecule has 0 atom stereocenters. The molecule has 3 heteroatoms. The Morgan fingerprint density at radius 1 is 1.28 bits per heavy atom. The van der Waals surface area contributed by atoms with Crippen LogP contribution >= 0.6 is 0 Å². The van der Waals surface area contributed by atoms with E-state index < -0.39 is 0 Å². The van der Waals surface area contributed by atoms with E-state index in [-0.39, 0.29) is 5.91 Å². The van der Waals surface area contributed by atoms with Gasteiger partial charge in [-0.3, -0.25) is 4.79 Å². The van der Waals surface area contributed by atoms with Gasteiger partial charge in [0.15, 0.2) is 0 Å². The van der Waals surface area contributed by atoms with Gasteiger partial charge in [-0.05, 0) is 50.0 Å². The molecule has 1 aromatic rings. The smallest absolute Gasteiger partial charge is 0.267 e. The zero-order valence-corrected chi connectivity index (χ0v) is 10.9. The molecule has 0 fully saturated rings. The summed E-state index contributed by atoms with van der Waals surface area (Å²) in [5.74, 6) is -0.150. The van der Waals surface area contributed by atoms with Crippen molar-refractivity contribution >= 4 is 11.6 Å². The summed E-state index contributed by atoms with van der Waals surface area (Å²) in [4.78, 5) is 11.8. The molecule has 1 N–H and O–H groups in total. The number of aryl methyl sites for hydroxylation is 1. The molecule has 1 aliphatic carbocycles. The predicted octanol–water partition coefficient (Wildman–Crippen LogP) is 3.07. The molecule has 0 heterocycles. The maximum Gasteiger partial charge on any atom is 0.271 e. The lowest BCUT2D eigenvalue weighted by molar-refractivity contribution is 0.0955. The van der Waals surface area contributed by atoms with Crippen LogP contribution in [0.2, 0.25) is 0 Å². The minimum Gasteiger partial charge on any atom is -0.267 e. The fraction of sp³-hybridized carbons (Fsp3) is 0.333. The number of benzene rings is 1. The lowest BCUT2D eigenvalue weighted by atomic mass is 10.1. The van der Waals surface area contributed by atoms with Gasteiger partial charge in [0.2, 0.25) is 0 Å². The first-order valence-electron chi connectivity index (χ1n) is 6.32. The molecule has 3 nitrogen and oxygen atoms in total. The van der Waals surface area contributed by atoms with Crippen LogP contribution in [0.4, 0.5) is 0 Å². The van der Waals surface area contributed by atoms with Crippen LogP contribution in [0.15, 0.2) is 41.0 Å². The highest BCUT2D eigenvalue weighted by molar-refractivity contribution is 6.00. The Kier molecular flexibility index (Phi) is 3.92. The van der Waals surface area contributed by atoms with Crippen molar-refractivity contribution in [1.29, 1.82) is 0 Å². The third-order valence-corrected chi connectivity index (χ3v) is 3.11. The third kappa shape index (κ3) is 3.06. The molecule has 2 rings (SSSR count). The van der Waals surface area contributed by atoms with Crippen molar-refractivity contribution in [2.75, 3.05) is 0 Å². The first-order chi connectivity index (χ1) is 8.69. The van der Waals surface area contributed by atoms with Gasteiger partial charge in [-0.1, -0.05) is 24.6 Å². The normalized spacial score (nSPS) is 16.8. The van der Waals surface area contributed by atoms with E-state index in [2.05, 4.69) is 24.4 Å². The molecule has 94 valence electrons. The summed E-state index contributed by atoms with van der Waals surface area (Å²) in [5, 5.41) is 4.13. The predicted molar refractivity (Wildman–Crippen MR) is 73.7 cm³/mol. The number of nitrogens with zero attached hydrogens (tertiary/aromatic N) is 1. The SMILES string of the molecule is CCc1ccc(C(=O)N/N=C2\C=C(C)CC2)cc1. The summed E-state index contributed by atoms with van der Waals surface area (Å²) in [6, 6.07) is 7.62. The molecule has 1 amide bonds. The molecule has 0 aliphatic heterocycles. The second-order valence-corrected chi connectivity index (χ2v) is 4.59. The summed E-state index contributed by atoms with van der Waals surface area (Å²) < 4.78 is 0. The van der Waals surface area contributed by atoms with Gasteiger partial charge < -0.3 is 0 Å². The topological polar surface area (TPSA) is 41.5 Å². The summed E-state index contributed by atoms with van der Waals surface area (Å²) in [7, 11) is 0. The van der Waals surface area contributed by atoms with Gasteiger partial charge in [0.1, 0.15) is 0 Å². The maximum absolute atomic E-state index is 11.8. The largest absolute Gasteiger partial charge is 0.271 e. The number of amides is 1. The molecule has 0 aromatic heterocycles.